The molecule has 0 saturated carbocycles. The van der Waals surface area contributed by atoms with Crippen LogP contribution in [0.4, 0.5) is 0 Å². The highest BCUT2D eigenvalue weighted by atomic mass is 16.5. The van der Waals surface area contributed by atoms with E-state index < -0.39 is 0 Å². The van der Waals surface area contributed by atoms with Crippen molar-refractivity contribution in [3.8, 4) is 11.5 Å². The van der Waals surface area contributed by atoms with Gasteiger partial charge in [0.15, 0.2) is 11.5 Å². The predicted octanol–water partition coefficient (Wildman–Crippen LogP) is 2.06. The van der Waals surface area contributed by atoms with Crippen LogP contribution in [0.5, 0.6) is 11.5 Å². The molecule has 2 aromatic rings. The number of ether oxygens (including phenoxy) is 2. The smallest absolute Gasteiger partial charge is 0.161 e. The Morgan fingerprint density at radius 1 is 1.28 bits per heavy atom. The lowest BCUT2D eigenvalue weighted by molar-refractivity contribution is 0.267. The number of aliphatic hydroxyl groups is 1. The fourth-order valence-electron chi connectivity index (χ4n) is 1.57. The molecule has 5 heteroatoms. The van der Waals surface area contributed by atoms with Crippen molar-refractivity contribution < 1.29 is 19.1 Å². The van der Waals surface area contributed by atoms with Crippen molar-refractivity contribution in [1.82, 2.24) is 5.16 Å². The number of aromatic nitrogens is 1. The molecule has 0 aliphatic carbocycles. The van der Waals surface area contributed by atoms with Crippen LogP contribution in [0, 0.1) is 6.92 Å². The van der Waals surface area contributed by atoms with Gasteiger partial charge in [0.2, 0.25) is 0 Å². The number of nitrogens with zero attached hydrogens (tertiary/aromatic N) is 1. The van der Waals surface area contributed by atoms with Crippen molar-refractivity contribution in [1.29, 1.82) is 0 Å². The summed E-state index contributed by atoms with van der Waals surface area (Å²) < 4.78 is 15.8. The second-order valence-electron chi connectivity index (χ2n) is 3.86. The van der Waals surface area contributed by atoms with E-state index in [1.807, 2.05) is 13.0 Å². The SMILES string of the molecule is COc1cc(CO)ccc1OCc1cc(C)on1. The van der Waals surface area contributed by atoms with Crippen LogP contribution in [-0.2, 0) is 13.2 Å². The molecule has 0 aliphatic rings. The molecule has 0 spiro atoms. The maximum Gasteiger partial charge on any atom is 0.161 e. The first-order valence-electron chi connectivity index (χ1n) is 5.55. The molecule has 1 aromatic carbocycles. The van der Waals surface area contributed by atoms with E-state index in [0.29, 0.717) is 18.1 Å². The summed E-state index contributed by atoms with van der Waals surface area (Å²) in [6.45, 7) is 2.11. The molecule has 1 N–H and O–H groups in total. The molecular formula is C13H15NO4. The van der Waals surface area contributed by atoms with E-state index >= 15 is 0 Å². The van der Waals surface area contributed by atoms with E-state index in [4.69, 9.17) is 19.1 Å². The molecule has 0 radical (unpaired) electrons. The fourth-order valence-corrected chi connectivity index (χ4v) is 1.57. The van der Waals surface area contributed by atoms with E-state index in [0.717, 1.165) is 17.0 Å². The summed E-state index contributed by atoms with van der Waals surface area (Å²) in [5.74, 6) is 1.94. The zero-order valence-electron chi connectivity index (χ0n) is 10.3. The van der Waals surface area contributed by atoms with Crippen LogP contribution < -0.4 is 9.47 Å². The van der Waals surface area contributed by atoms with Gasteiger partial charge in [-0.05, 0) is 24.6 Å². The summed E-state index contributed by atoms with van der Waals surface area (Å²) >= 11 is 0. The molecule has 0 aliphatic heterocycles. The van der Waals surface area contributed by atoms with E-state index in [1.54, 1.807) is 25.3 Å². The summed E-state index contributed by atoms with van der Waals surface area (Å²) in [7, 11) is 1.56. The number of benzene rings is 1. The van der Waals surface area contributed by atoms with Crippen LogP contribution in [0.25, 0.3) is 0 Å². The third kappa shape index (κ3) is 2.81. The minimum Gasteiger partial charge on any atom is -0.493 e. The second-order valence-corrected chi connectivity index (χ2v) is 3.86. The maximum atomic E-state index is 9.04. The highest BCUT2D eigenvalue weighted by Gasteiger charge is 2.07. The van der Waals surface area contributed by atoms with E-state index in [2.05, 4.69) is 5.16 Å². The van der Waals surface area contributed by atoms with Gasteiger partial charge in [-0.2, -0.15) is 0 Å². The Morgan fingerprint density at radius 2 is 2.11 bits per heavy atom. The molecule has 0 saturated heterocycles. The number of aryl methyl sites for hydroxylation is 1. The Labute approximate surface area is 105 Å². The van der Waals surface area contributed by atoms with Crippen molar-refractivity contribution in [3.05, 3.63) is 41.3 Å². The van der Waals surface area contributed by atoms with Crippen LogP contribution in [0.2, 0.25) is 0 Å². The topological polar surface area (TPSA) is 64.7 Å². The van der Waals surface area contributed by atoms with Crippen LogP contribution in [0.15, 0.2) is 28.8 Å². The molecule has 0 bridgehead atoms. The highest BCUT2D eigenvalue weighted by molar-refractivity contribution is 5.42. The van der Waals surface area contributed by atoms with Crippen molar-refractivity contribution in [2.24, 2.45) is 0 Å². The Bertz CT molecular complexity index is 521. The van der Waals surface area contributed by atoms with Gasteiger partial charge < -0.3 is 19.1 Å². The molecule has 1 aromatic heterocycles. The van der Waals surface area contributed by atoms with Gasteiger partial charge in [0.25, 0.3) is 0 Å². The first-order chi connectivity index (χ1) is 8.72. The van der Waals surface area contributed by atoms with Gasteiger partial charge in [0.05, 0.1) is 13.7 Å². The summed E-state index contributed by atoms with van der Waals surface area (Å²) in [6.07, 6.45) is 0. The Kier molecular flexibility index (Phi) is 3.84. The Balaban J connectivity index is 2.08. The van der Waals surface area contributed by atoms with Gasteiger partial charge in [-0.25, -0.2) is 0 Å². The molecule has 5 nitrogen and oxygen atoms in total. The summed E-state index contributed by atoms with van der Waals surface area (Å²) in [6, 6.07) is 7.10. The van der Waals surface area contributed by atoms with Gasteiger partial charge in [-0.15, -0.1) is 0 Å². The molecular weight excluding hydrogens is 234 g/mol. The highest BCUT2D eigenvalue weighted by Crippen LogP contribution is 2.28. The van der Waals surface area contributed by atoms with Gasteiger partial charge in [-0.1, -0.05) is 11.2 Å². The summed E-state index contributed by atoms with van der Waals surface area (Å²) in [4.78, 5) is 0. The number of hydrogen-bond donors (Lipinski definition) is 1. The van der Waals surface area contributed by atoms with Gasteiger partial charge in [-0.3, -0.25) is 0 Å². The van der Waals surface area contributed by atoms with Crippen LogP contribution >= 0.6 is 0 Å². The van der Waals surface area contributed by atoms with Crippen molar-refractivity contribution in [2.75, 3.05) is 7.11 Å². The third-order valence-electron chi connectivity index (χ3n) is 2.46. The molecule has 18 heavy (non-hydrogen) atoms. The van der Waals surface area contributed by atoms with E-state index in [-0.39, 0.29) is 6.61 Å². The average molecular weight is 249 g/mol. The van der Waals surface area contributed by atoms with Gasteiger partial charge >= 0.3 is 0 Å². The normalized spacial score (nSPS) is 10.4. The van der Waals surface area contributed by atoms with Crippen LogP contribution in [0.3, 0.4) is 0 Å². The molecule has 0 atom stereocenters. The van der Waals surface area contributed by atoms with Crippen LogP contribution in [0.1, 0.15) is 17.0 Å². The lowest BCUT2D eigenvalue weighted by atomic mass is 10.2. The van der Waals surface area contributed by atoms with Crippen molar-refractivity contribution in [2.45, 2.75) is 20.1 Å². The largest absolute Gasteiger partial charge is 0.493 e. The predicted molar refractivity (Wildman–Crippen MR) is 64.5 cm³/mol. The number of hydrogen-bond acceptors (Lipinski definition) is 5. The zero-order chi connectivity index (χ0) is 13.0. The van der Waals surface area contributed by atoms with Gasteiger partial charge in [0, 0.05) is 6.07 Å². The Hall–Kier alpha value is -2.01. The number of aliphatic hydroxyl groups excluding tert-OH is 1. The maximum absolute atomic E-state index is 9.04. The van der Waals surface area contributed by atoms with E-state index in [1.165, 1.54) is 0 Å². The molecule has 2 rings (SSSR count). The fraction of sp³-hybridized carbons (Fsp3) is 0.308. The second kappa shape index (κ2) is 5.55. The minimum atomic E-state index is -0.0286. The zero-order valence-corrected chi connectivity index (χ0v) is 10.3. The molecule has 96 valence electrons. The lowest BCUT2D eigenvalue weighted by Crippen LogP contribution is -1.98. The first-order valence-corrected chi connectivity index (χ1v) is 5.55. The summed E-state index contributed by atoms with van der Waals surface area (Å²) in [5.41, 5.74) is 1.50. The van der Waals surface area contributed by atoms with Crippen molar-refractivity contribution in [3.63, 3.8) is 0 Å². The average Bonchev–Trinajstić information content (AvgIpc) is 2.82. The van der Waals surface area contributed by atoms with Gasteiger partial charge in [0.1, 0.15) is 18.1 Å². The molecule has 0 amide bonds. The minimum absolute atomic E-state index is 0.0286. The van der Waals surface area contributed by atoms with Crippen LogP contribution in [-0.4, -0.2) is 17.4 Å². The molecule has 1 heterocycles. The standard InChI is InChI=1S/C13H15NO4/c1-9-5-11(14-18-9)8-17-12-4-3-10(7-15)6-13(12)16-2/h3-6,15H,7-8H2,1-2H3. The third-order valence-corrected chi connectivity index (χ3v) is 2.46. The summed E-state index contributed by atoms with van der Waals surface area (Å²) in [5, 5.41) is 12.9. The first kappa shape index (κ1) is 12.4. The lowest BCUT2D eigenvalue weighted by Gasteiger charge is -2.10. The van der Waals surface area contributed by atoms with E-state index in [9.17, 15) is 0 Å². The Morgan fingerprint density at radius 3 is 2.72 bits per heavy atom. The number of methoxy groups -OCH3 is 1. The molecule has 0 unspecified atom stereocenters. The molecule has 0 fully saturated rings. The van der Waals surface area contributed by atoms with Crippen molar-refractivity contribution >= 4 is 0 Å². The number of rotatable bonds is 5. The quantitative estimate of drug-likeness (QED) is 0.878. The monoisotopic (exact) mass is 249 g/mol.